The van der Waals surface area contributed by atoms with Crippen LogP contribution in [-0.4, -0.2) is 30.7 Å². The Labute approximate surface area is 101 Å². The molecule has 0 saturated heterocycles. The number of carbonyl (C=O) groups excluding carboxylic acids is 1. The number of nitrogens with zero attached hydrogens (tertiary/aromatic N) is 1. The lowest BCUT2D eigenvalue weighted by atomic mass is 10.1. The van der Waals surface area contributed by atoms with E-state index in [-0.39, 0.29) is 0 Å². The summed E-state index contributed by atoms with van der Waals surface area (Å²) in [4.78, 5) is 15.7. The van der Waals surface area contributed by atoms with Crippen molar-refractivity contribution in [3.8, 4) is 5.75 Å². The standard InChI is InChI=1S/C12H18N2O3/c1-4-17-12(15)11(13)7-9-6-10(16-3)5-8(2)14-9/h5-6,11H,4,7,13H2,1-3H3. The van der Waals surface area contributed by atoms with Gasteiger partial charge in [-0.15, -0.1) is 0 Å². The Morgan fingerprint density at radius 1 is 1.53 bits per heavy atom. The Morgan fingerprint density at radius 2 is 2.24 bits per heavy atom. The molecule has 0 fully saturated rings. The van der Waals surface area contributed by atoms with Gasteiger partial charge in [0.05, 0.1) is 13.7 Å². The molecule has 2 N–H and O–H groups in total. The second kappa shape index (κ2) is 6.20. The molecule has 17 heavy (non-hydrogen) atoms. The van der Waals surface area contributed by atoms with Gasteiger partial charge in [-0.2, -0.15) is 0 Å². The van der Waals surface area contributed by atoms with Crippen molar-refractivity contribution in [3.05, 3.63) is 23.5 Å². The second-order valence-corrected chi connectivity index (χ2v) is 3.70. The highest BCUT2D eigenvalue weighted by Crippen LogP contribution is 2.14. The summed E-state index contributed by atoms with van der Waals surface area (Å²) in [5, 5.41) is 0. The van der Waals surface area contributed by atoms with Crippen molar-refractivity contribution >= 4 is 5.97 Å². The van der Waals surface area contributed by atoms with E-state index in [1.807, 2.05) is 13.0 Å². The molecule has 0 spiro atoms. The number of aromatic nitrogens is 1. The summed E-state index contributed by atoms with van der Waals surface area (Å²) in [6.07, 6.45) is 0.344. The smallest absolute Gasteiger partial charge is 0.323 e. The summed E-state index contributed by atoms with van der Waals surface area (Å²) in [6, 6.07) is 2.90. The predicted octanol–water partition coefficient (Wildman–Crippen LogP) is 0.832. The van der Waals surface area contributed by atoms with Crippen molar-refractivity contribution in [3.63, 3.8) is 0 Å². The van der Waals surface area contributed by atoms with E-state index in [0.717, 1.165) is 11.4 Å². The molecule has 0 saturated carbocycles. The molecule has 1 unspecified atom stereocenters. The molecule has 0 bridgehead atoms. The molecule has 0 aliphatic heterocycles. The first kappa shape index (κ1) is 13.4. The largest absolute Gasteiger partial charge is 0.497 e. The zero-order valence-electron chi connectivity index (χ0n) is 10.4. The van der Waals surface area contributed by atoms with Gasteiger partial charge < -0.3 is 15.2 Å². The van der Waals surface area contributed by atoms with Gasteiger partial charge in [-0.1, -0.05) is 0 Å². The maximum absolute atomic E-state index is 11.4. The normalized spacial score (nSPS) is 12.0. The molecule has 1 aromatic heterocycles. The average molecular weight is 238 g/mol. The quantitative estimate of drug-likeness (QED) is 0.769. The van der Waals surface area contributed by atoms with Crippen LogP contribution >= 0.6 is 0 Å². The van der Waals surface area contributed by atoms with Crippen molar-refractivity contribution in [2.75, 3.05) is 13.7 Å². The van der Waals surface area contributed by atoms with Crippen molar-refractivity contribution in [2.45, 2.75) is 26.3 Å². The highest BCUT2D eigenvalue weighted by molar-refractivity contribution is 5.75. The van der Waals surface area contributed by atoms with Crippen LogP contribution in [0.4, 0.5) is 0 Å². The van der Waals surface area contributed by atoms with Gasteiger partial charge >= 0.3 is 5.97 Å². The van der Waals surface area contributed by atoms with Crippen LogP contribution in [0.3, 0.4) is 0 Å². The monoisotopic (exact) mass is 238 g/mol. The second-order valence-electron chi connectivity index (χ2n) is 3.70. The summed E-state index contributed by atoms with van der Waals surface area (Å²) in [5.74, 6) is 0.304. The molecule has 5 nitrogen and oxygen atoms in total. The number of hydrogen-bond donors (Lipinski definition) is 1. The van der Waals surface area contributed by atoms with Crippen molar-refractivity contribution in [1.29, 1.82) is 0 Å². The first-order valence-corrected chi connectivity index (χ1v) is 5.50. The molecular formula is C12H18N2O3. The number of rotatable bonds is 5. The predicted molar refractivity (Wildman–Crippen MR) is 63.8 cm³/mol. The van der Waals surface area contributed by atoms with Gasteiger partial charge in [-0.05, 0) is 13.8 Å². The van der Waals surface area contributed by atoms with Crippen molar-refractivity contribution in [1.82, 2.24) is 4.98 Å². The number of carbonyl (C=O) groups is 1. The van der Waals surface area contributed by atoms with E-state index in [0.29, 0.717) is 18.8 Å². The van der Waals surface area contributed by atoms with E-state index < -0.39 is 12.0 Å². The lowest BCUT2D eigenvalue weighted by Gasteiger charge is -2.11. The summed E-state index contributed by atoms with van der Waals surface area (Å²) < 4.78 is 9.97. The molecule has 1 heterocycles. The molecule has 0 radical (unpaired) electrons. The zero-order valence-corrected chi connectivity index (χ0v) is 10.4. The number of pyridine rings is 1. The Balaban J connectivity index is 2.73. The van der Waals surface area contributed by atoms with Crippen molar-refractivity contribution < 1.29 is 14.3 Å². The van der Waals surface area contributed by atoms with Gasteiger partial charge in [-0.25, -0.2) is 0 Å². The van der Waals surface area contributed by atoms with Crippen LogP contribution < -0.4 is 10.5 Å². The maximum Gasteiger partial charge on any atom is 0.323 e. The fourth-order valence-electron chi connectivity index (χ4n) is 1.48. The Bertz CT molecular complexity index is 393. The lowest BCUT2D eigenvalue weighted by molar-refractivity contribution is -0.144. The number of methoxy groups -OCH3 is 1. The third-order valence-corrected chi connectivity index (χ3v) is 2.23. The third kappa shape index (κ3) is 4.03. The summed E-state index contributed by atoms with van der Waals surface area (Å²) in [5.41, 5.74) is 7.28. The molecule has 0 aliphatic rings. The van der Waals surface area contributed by atoms with Crippen LogP contribution in [-0.2, 0) is 16.0 Å². The first-order valence-electron chi connectivity index (χ1n) is 5.50. The molecule has 5 heteroatoms. The maximum atomic E-state index is 11.4. The van der Waals surface area contributed by atoms with Gasteiger partial charge in [0.1, 0.15) is 11.8 Å². The topological polar surface area (TPSA) is 74.4 Å². The number of hydrogen-bond acceptors (Lipinski definition) is 5. The van der Waals surface area contributed by atoms with Crippen LogP contribution in [0.5, 0.6) is 5.75 Å². The van der Waals surface area contributed by atoms with E-state index >= 15 is 0 Å². The van der Waals surface area contributed by atoms with Crippen LogP contribution in [0.1, 0.15) is 18.3 Å². The minimum atomic E-state index is -0.686. The molecule has 1 rings (SSSR count). The lowest BCUT2D eigenvalue weighted by Crippen LogP contribution is -2.34. The number of nitrogens with two attached hydrogens (primary N) is 1. The molecule has 0 amide bonds. The average Bonchev–Trinajstić information content (AvgIpc) is 2.28. The number of ether oxygens (including phenoxy) is 2. The van der Waals surface area contributed by atoms with Gasteiger partial charge in [0.2, 0.25) is 0 Å². The van der Waals surface area contributed by atoms with E-state index in [1.165, 1.54) is 0 Å². The Kier molecular flexibility index (Phi) is 4.90. The minimum absolute atomic E-state index is 0.330. The summed E-state index contributed by atoms with van der Waals surface area (Å²) >= 11 is 0. The fraction of sp³-hybridized carbons (Fsp3) is 0.500. The highest BCUT2D eigenvalue weighted by atomic mass is 16.5. The van der Waals surface area contributed by atoms with Gasteiger partial charge in [0.25, 0.3) is 0 Å². The summed E-state index contributed by atoms with van der Waals surface area (Å²) in [7, 11) is 1.59. The molecule has 1 atom stereocenters. The van der Waals surface area contributed by atoms with Gasteiger partial charge in [0, 0.05) is 29.9 Å². The SMILES string of the molecule is CCOC(=O)C(N)Cc1cc(OC)cc(C)n1. The number of aryl methyl sites for hydroxylation is 1. The first-order chi connectivity index (χ1) is 8.06. The van der Waals surface area contributed by atoms with E-state index in [4.69, 9.17) is 15.2 Å². The van der Waals surface area contributed by atoms with E-state index in [9.17, 15) is 4.79 Å². The summed E-state index contributed by atoms with van der Waals surface area (Å²) in [6.45, 7) is 3.94. The van der Waals surface area contributed by atoms with Crippen molar-refractivity contribution in [2.24, 2.45) is 5.73 Å². The van der Waals surface area contributed by atoms with Crippen LogP contribution in [0.25, 0.3) is 0 Å². The van der Waals surface area contributed by atoms with Crippen LogP contribution in [0, 0.1) is 6.92 Å². The molecule has 94 valence electrons. The molecule has 0 aliphatic carbocycles. The van der Waals surface area contributed by atoms with Gasteiger partial charge in [-0.3, -0.25) is 9.78 Å². The number of esters is 1. The highest BCUT2D eigenvalue weighted by Gasteiger charge is 2.16. The minimum Gasteiger partial charge on any atom is -0.497 e. The van der Waals surface area contributed by atoms with Crippen LogP contribution in [0.15, 0.2) is 12.1 Å². The Morgan fingerprint density at radius 3 is 2.82 bits per heavy atom. The van der Waals surface area contributed by atoms with Gasteiger partial charge in [0.15, 0.2) is 0 Å². The molecular weight excluding hydrogens is 220 g/mol. The van der Waals surface area contributed by atoms with E-state index in [1.54, 1.807) is 20.1 Å². The van der Waals surface area contributed by atoms with Crippen LogP contribution in [0.2, 0.25) is 0 Å². The Hall–Kier alpha value is -1.62. The zero-order chi connectivity index (χ0) is 12.8. The third-order valence-electron chi connectivity index (χ3n) is 2.23. The molecule has 0 aromatic carbocycles. The molecule has 1 aromatic rings. The fourth-order valence-corrected chi connectivity index (χ4v) is 1.48. The van der Waals surface area contributed by atoms with E-state index in [2.05, 4.69) is 4.98 Å².